The van der Waals surface area contributed by atoms with Crippen molar-refractivity contribution in [3.63, 3.8) is 0 Å². The molecular formula is C17H24N3O5P. The molecule has 1 aliphatic heterocycles. The van der Waals surface area contributed by atoms with Gasteiger partial charge in [0.2, 0.25) is 0 Å². The van der Waals surface area contributed by atoms with E-state index >= 15 is 0 Å². The summed E-state index contributed by atoms with van der Waals surface area (Å²) in [6.07, 6.45) is 3.85. The van der Waals surface area contributed by atoms with E-state index in [-0.39, 0.29) is 6.16 Å². The second kappa shape index (κ2) is 7.78. The summed E-state index contributed by atoms with van der Waals surface area (Å²) in [5, 5.41) is 0.902. The Bertz CT molecular complexity index is 817. The molecule has 8 nitrogen and oxygen atoms in total. The van der Waals surface area contributed by atoms with Gasteiger partial charge in [-0.1, -0.05) is 0 Å². The predicted octanol–water partition coefficient (Wildman–Crippen LogP) is 2.43. The molecule has 1 aliphatic rings. The van der Waals surface area contributed by atoms with E-state index in [1.54, 1.807) is 20.5 Å². The Morgan fingerprint density at radius 1 is 1.15 bits per heavy atom. The zero-order valence-electron chi connectivity index (χ0n) is 15.0. The third kappa shape index (κ3) is 4.26. The number of piperidine rings is 1. The number of ether oxygens (including phenoxy) is 2. The maximum Gasteiger partial charge on any atom is 0.325 e. The van der Waals surface area contributed by atoms with E-state index in [0.717, 1.165) is 42.7 Å². The van der Waals surface area contributed by atoms with Gasteiger partial charge < -0.3 is 24.2 Å². The van der Waals surface area contributed by atoms with Crippen LogP contribution in [-0.2, 0) is 4.57 Å². The predicted molar refractivity (Wildman–Crippen MR) is 99.1 cm³/mol. The third-order valence-corrected chi connectivity index (χ3v) is 5.70. The Kier molecular flexibility index (Phi) is 5.65. The average Bonchev–Trinajstić information content (AvgIpc) is 2.64. The van der Waals surface area contributed by atoms with Crippen molar-refractivity contribution in [3.05, 3.63) is 18.5 Å². The van der Waals surface area contributed by atoms with Crippen LogP contribution >= 0.6 is 7.60 Å². The molecule has 26 heavy (non-hydrogen) atoms. The maximum atomic E-state index is 11.1. The number of nitrogens with zero attached hydrogens (tertiary/aromatic N) is 3. The van der Waals surface area contributed by atoms with Crippen LogP contribution in [0.4, 0.5) is 5.82 Å². The summed E-state index contributed by atoms with van der Waals surface area (Å²) in [6.45, 7) is 1.60. The van der Waals surface area contributed by atoms with Gasteiger partial charge in [0.25, 0.3) is 0 Å². The van der Waals surface area contributed by atoms with Crippen LogP contribution < -0.4 is 14.4 Å². The number of aromatic nitrogens is 2. The first kappa shape index (κ1) is 18.9. The van der Waals surface area contributed by atoms with Crippen LogP contribution in [0.25, 0.3) is 10.9 Å². The van der Waals surface area contributed by atoms with Crippen molar-refractivity contribution >= 4 is 24.3 Å². The Morgan fingerprint density at radius 2 is 1.81 bits per heavy atom. The molecule has 0 aliphatic carbocycles. The molecule has 1 saturated heterocycles. The smallest absolute Gasteiger partial charge is 0.325 e. The fraction of sp³-hybridized carbons (Fsp3) is 0.529. The lowest BCUT2D eigenvalue weighted by molar-refractivity contribution is 0.350. The molecule has 9 heteroatoms. The van der Waals surface area contributed by atoms with Crippen molar-refractivity contribution in [1.82, 2.24) is 9.97 Å². The van der Waals surface area contributed by atoms with Crippen molar-refractivity contribution in [1.29, 1.82) is 0 Å². The Hall–Kier alpha value is -1.89. The van der Waals surface area contributed by atoms with Crippen molar-refractivity contribution in [2.24, 2.45) is 5.92 Å². The zero-order valence-corrected chi connectivity index (χ0v) is 15.9. The van der Waals surface area contributed by atoms with Gasteiger partial charge >= 0.3 is 7.60 Å². The van der Waals surface area contributed by atoms with Gasteiger partial charge in [-0.25, -0.2) is 9.97 Å². The van der Waals surface area contributed by atoms with E-state index in [4.69, 9.17) is 19.3 Å². The number of hydrogen-bond donors (Lipinski definition) is 2. The summed E-state index contributed by atoms with van der Waals surface area (Å²) in [5.74, 6) is 2.44. The molecule has 0 bridgehead atoms. The normalized spacial score (nSPS) is 16.1. The highest BCUT2D eigenvalue weighted by molar-refractivity contribution is 7.51. The lowest BCUT2D eigenvalue weighted by Gasteiger charge is -2.33. The highest BCUT2D eigenvalue weighted by Gasteiger charge is 2.24. The van der Waals surface area contributed by atoms with Gasteiger partial charge in [0.1, 0.15) is 12.1 Å². The Morgan fingerprint density at radius 3 is 2.42 bits per heavy atom. The summed E-state index contributed by atoms with van der Waals surface area (Å²) in [4.78, 5) is 29.1. The number of benzene rings is 1. The summed E-state index contributed by atoms with van der Waals surface area (Å²) >= 11 is 0. The van der Waals surface area contributed by atoms with Crippen molar-refractivity contribution in [2.75, 3.05) is 38.4 Å². The number of anilines is 1. The van der Waals surface area contributed by atoms with Crippen molar-refractivity contribution in [3.8, 4) is 11.5 Å². The van der Waals surface area contributed by atoms with Crippen molar-refractivity contribution < 1.29 is 23.8 Å². The van der Waals surface area contributed by atoms with Gasteiger partial charge in [-0.3, -0.25) is 4.57 Å². The van der Waals surface area contributed by atoms with Gasteiger partial charge in [0.05, 0.1) is 25.9 Å². The van der Waals surface area contributed by atoms with Gasteiger partial charge in [0, 0.05) is 24.5 Å². The molecule has 0 atom stereocenters. The molecule has 0 spiro atoms. The van der Waals surface area contributed by atoms with Crippen LogP contribution in [0.1, 0.15) is 19.3 Å². The van der Waals surface area contributed by atoms with Crippen LogP contribution in [0.15, 0.2) is 18.5 Å². The minimum atomic E-state index is -3.92. The molecule has 3 rings (SSSR count). The minimum absolute atomic E-state index is 0.0366. The molecule has 0 amide bonds. The molecular weight excluding hydrogens is 357 g/mol. The first-order valence-electron chi connectivity index (χ1n) is 8.57. The van der Waals surface area contributed by atoms with E-state index in [1.165, 1.54) is 0 Å². The molecule has 1 aromatic heterocycles. The fourth-order valence-corrected chi connectivity index (χ4v) is 4.11. The molecule has 2 heterocycles. The number of methoxy groups -OCH3 is 2. The Balaban J connectivity index is 1.78. The monoisotopic (exact) mass is 381 g/mol. The van der Waals surface area contributed by atoms with E-state index < -0.39 is 7.60 Å². The third-order valence-electron chi connectivity index (χ3n) is 4.86. The average molecular weight is 381 g/mol. The SMILES string of the molecule is COc1cc2ncnc(N3CCC(CCP(=O)(O)O)CC3)c2cc1OC. The summed E-state index contributed by atoms with van der Waals surface area (Å²) < 4.78 is 21.8. The number of rotatable bonds is 6. The second-order valence-electron chi connectivity index (χ2n) is 6.53. The van der Waals surface area contributed by atoms with Gasteiger partial charge in [-0.15, -0.1) is 0 Å². The molecule has 2 N–H and O–H groups in total. The Labute approximate surface area is 152 Å². The highest BCUT2D eigenvalue weighted by Crippen LogP contribution is 2.39. The number of fused-ring (bicyclic) bond motifs is 1. The fourth-order valence-electron chi connectivity index (χ4n) is 3.41. The van der Waals surface area contributed by atoms with Gasteiger partial charge in [0.15, 0.2) is 11.5 Å². The van der Waals surface area contributed by atoms with E-state index in [1.807, 2.05) is 12.1 Å². The highest BCUT2D eigenvalue weighted by atomic mass is 31.2. The molecule has 2 aromatic rings. The number of hydrogen-bond acceptors (Lipinski definition) is 6. The molecule has 1 fully saturated rings. The molecule has 1 aromatic carbocycles. The first-order valence-corrected chi connectivity index (χ1v) is 10.4. The summed E-state index contributed by atoms with van der Waals surface area (Å²) in [6, 6.07) is 3.73. The molecule has 0 saturated carbocycles. The van der Waals surface area contributed by atoms with E-state index in [9.17, 15) is 4.57 Å². The van der Waals surface area contributed by atoms with Crippen LogP contribution in [0.2, 0.25) is 0 Å². The quantitative estimate of drug-likeness (QED) is 0.735. The zero-order chi connectivity index (χ0) is 18.7. The van der Waals surface area contributed by atoms with Crippen LogP contribution in [0.5, 0.6) is 11.5 Å². The van der Waals surface area contributed by atoms with Gasteiger partial charge in [-0.05, 0) is 31.2 Å². The van der Waals surface area contributed by atoms with Gasteiger partial charge in [-0.2, -0.15) is 0 Å². The second-order valence-corrected chi connectivity index (χ2v) is 8.31. The van der Waals surface area contributed by atoms with E-state index in [2.05, 4.69) is 14.9 Å². The van der Waals surface area contributed by atoms with Crippen LogP contribution in [0.3, 0.4) is 0 Å². The largest absolute Gasteiger partial charge is 0.493 e. The topological polar surface area (TPSA) is 105 Å². The van der Waals surface area contributed by atoms with Crippen molar-refractivity contribution in [2.45, 2.75) is 19.3 Å². The van der Waals surface area contributed by atoms with Crippen LogP contribution in [-0.4, -0.2) is 53.2 Å². The molecule has 142 valence electrons. The summed E-state index contributed by atoms with van der Waals surface area (Å²) in [5.41, 5.74) is 0.788. The standard InChI is InChI=1S/C17H24N3O5P/c1-24-15-9-13-14(10-16(15)25-2)18-11-19-17(13)20-6-3-12(4-7-20)5-8-26(21,22)23/h9-12H,3-8H2,1-2H3,(H2,21,22,23). The molecule has 0 unspecified atom stereocenters. The minimum Gasteiger partial charge on any atom is -0.493 e. The molecule has 0 radical (unpaired) electrons. The lowest BCUT2D eigenvalue weighted by Crippen LogP contribution is -2.34. The summed E-state index contributed by atoms with van der Waals surface area (Å²) in [7, 11) is -0.727. The van der Waals surface area contributed by atoms with Crippen LogP contribution in [0, 0.1) is 5.92 Å². The maximum absolute atomic E-state index is 11.1. The van der Waals surface area contributed by atoms with E-state index in [0.29, 0.717) is 23.8 Å². The lowest BCUT2D eigenvalue weighted by atomic mass is 9.94. The first-order chi connectivity index (χ1) is 12.4.